The summed E-state index contributed by atoms with van der Waals surface area (Å²) in [7, 11) is 1.29. The Kier molecular flexibility index (Phi) is 6.65. The van der Waals surface area contributed by atoms with E-state index in [0.717, 1.165) is 32.6 Å². The molecule has 4 atom stereocenters. The van der Waals surface area contributed by atoms with Gasteiger partial charge in [0.15, 0.2) is 0 Å². The minimum Gasteiger partial charge on any atom is -0.480 e. The van der Waals surface area contributed by atoms with Crippen molar-refractivity contribution in [2.75, 3.05) is 7.11 Å². The summed E-state index contributed by atoms with van der Waals surface area (Å²) >= 11 is 0. The van der Waals surface area contributed by atoms with Gasteiger partial charge in [-0.1, -0.05) is 54.6 Å². The largest absolute Gasteiger partial charge is 0.480 e. The lowest BCUT2D eigenvalue weighted by Crippen LogP contribution is -2.57. The molecule has 3 heterocycles. The number of imide groups is 1. The minimum absolute atomic E-state index is 0.0160. The van der Waals surface area contributed by atoms with Crippen molar-refractivity contribution in [1.82, 2.24) is 20.0 Å². The number of aromatic nitrogens is 2. The number of hydrogen-bond donors (Lipinski definition) is 2. The van der Waals surface area contributed by atoms with Crippen molar-refractivity contribution in [1.29, 1.82) is 0 Å². The Bertz CT molecular complexity index is 1750. The van der Waals surface area contributed by atoms with Crippen molar-refractivity contribution < 1.29 is 29.0 Å². The fourth-order valence-electron chi connectivity index (χ4n) is 6.49. The number of carboxylic acids is 1. The zero-order valence-corrected chi connectivity index (χ0v) is 23.4. The van der Waals surface area contributed by atoms with Gasteiger partial charge in [0.2, 0.25) is 11.8 Å². The van der Waals surface area contributed by atoms with E-state index in [2.05, 4.69) is 10.4 Å². The van der Waals surface area contributed by atoms with Crippen LogP contribution in [0.2, 0.25) is 0 Å². The lowest BCUT2D eigenvalue weighted by Gasteiger charge is -2.31. The number of methoxy groups -OCH3 is 1. The number of benzene rings is 3. The number of fused-ring (bicyclic) bond motifs is 2. The van der Waals surface area contributed by atoms with Gasteiger partial charge in [0.25, 0.3) is 0 Å². The van der Waals surface area contributed by atoms with Crippen LogP contribution in [0.25, 0.3) is 10.8 Å². The molecule has 2 amide bonds. The molecule has 0 saturated carbocycles. The van der Waals surface area contributed by atoms with Crippen molar-refractivity contribution >= 4 is 34.5 Å². The van der Waals surface area contributed by atoms with E-state index in [4.69, 9.17) is 4.74 Å². The van der Waals surface area contributed by atoms with E-state index in [1.165, 1.54) is 7.11 Å². The summed E-state index contributed by atoms with van der Waals surface area (Å²) in [6.45, 7) is 3.55. The maximum atomic E-state index is 14.1. The SMILES string of the molecule is COC(=O)c1ccc(C2NC(Cc3ccc4ccccc4c3)(C(=O)O)C3C(=O)N(Cn4nc(C)cc4C)C(=O)C23)cc1. The maximum Gasteiger partial charge on any atom is 0.337 e. The number of nitrogens with one attached hydrogen (secondary N) is 1. The van der Waals surface area contributed by atoms with Crippen molar-refractivity contribution in [3.63, 3.8) is 0 Å². The van der Waals surface area contributed by atoms with Gasteiger partial charge in [0, 0.05) is 18.2 Å². The van der Waals surface area contributed by atoms with Crippen LogP contribution in [-0.4, -0.2) is 56.2 Å². The number of rotatable bonds is 7. The molecule has 0 aliphatic carbocycles. The van der Waals surface area contributed by atoms with Gasteiger partial charge in [-0.25, -0.2) is 9.48 Å². The molecule has 4 unspecified atom stereocenters. The lowest BCUT2D eigenvalue weighted by molar-refractivity contribution is -0.152. The number of carbonyl (C=O) groups is 4. The standard InChI is InChI=1S/C32H30N4O6/c1-18-14-19(2)36(34-18)17-35-28(37)25-26(29(35)38)32(31(40)41,16-20-8-9-21-6-4-5-7-24(21)15-20)33-27(25)22-10-12-23(13-11-22)30(39)42-3/h4-15,25-27,33H,16-17H2,1-3H3,(H,40,41). The Morgan fingerprint density at radius 3 is 2.33 bits per heavy atom. The lowest BCUT2D eigenvalue weighted by atomic mass is 9.76. The predicted octanol–water partition coefficient (Wildman–Crippen LogP) is 3.41. The zero-order chi connectivity index (χ0) is 29.8. The summed E-state index contributed by atoms with van der Waals surface area (Å²) in [5.74, 6) is -4.89. The van der Waals surface area contributed by atoms with Gasteiger partial charge in [-0.15, -0.1) is 0 Å². The van der Waals surface area contributed by atoms with Crippen LogP contribution in [0.1, 0.15) is 38.9 Å². The molecule has 4 aromatic rings. The molecule has 214 valence electrons. The number of carbonyl (C=O) groups excluding carboxylic acids is 3. The number of likely N-dealkylation sites (tertiary alicyclic amines) is 1. The molecule has 42 heavy (non-hydrogen) atoms. The Morgan fingerprint density at radius 2 is 1.69 bits per heavy atom. The molecule has 0 spiro atoms. The van der Waals surface area contributed by atoms with E-state index in [1.807, 2.05) is 62.4 Å². The summed E-state index contributed by atoms with van der Waals surface area (Å²) in [5.41, 5.74) is 1.38. The molecule has 1 aromatic heterocycles. The summed E-state index contributed by atoms with van der Waals surface area (Å²) in [4.78, 5) is 54.5. The van der Waals surface area contributed by atoms with Crippen molar-refractivity contribution in [3.05, 3.63) is 101 Å². The highest BCUT2D eigenvalue weighted by Gasteiger charge is 2.68. The van der Waals surface area contributed by atoms with Crippen LogP contribution in [0.5, 0.6) is 0 Å². The summed E-state index contributed by atoms with van der Waals surface area (Å²) in [5, 5.41) is 20.4. The van der Waals surface area contributed by atoms with Gasteiger partial charge in [0.05, 0.1) is 30.2 Å². The number of amides is 2. The normalized spacial score (nSPS) is 23.4. The number of ether oxygens (including phenoxy) is 1. The molecular formula is C32H30N4O6. The molecule has 6 rings (SSSR count). The van der Waals surface area contributed by atoms with Crippen LogP contribution in [0, 0.1) is 25.7 Å². The maximum absolute atomic E-state index is 14.1. The van der Waals surface area contributed by atoms with Crippen molar-refractivity contribution in [3.8, 4) is 0 Å². The quantitative estimate of drug-likeness (QED) is 0.257. The van der Waals surface area contributed by atoms with Gasteiger partial charge in [-0.3, -0.25) is 24.6 Å². The summed E-state index contributed by atoms with van der Waals surface area (Å²) in [6.07, 6.45) is -0.0160. The second kappa shape index (κ2) is 10.2. The molecule has 2 fully saturated rings. The Labute approximate surface area is 241 Å². The molecule has 2 aliphatic heterocycles. The first-order valence-electron chi connectivity index (χ1n) is 13.7. The van der Waals surface area contributed by atoms with Crippen molar-refractivity contribution in [2.24, 2.45) is 11.8 Å². The second-order valence-corrected chi connectivity index (χ2v) is 11.0. The van der Waals surface area contributed by atoms with E-state index in [9.17, 15) is 24.3 Å². The van der Waals surface area contributed by atoms with Crippen LogP contribution in [0.3, 0.4) is 0 Å². The van der Waals surface area contributed by atoms with Crippen LogP contribution >= 0.6 is 0 Å². The van der Waals surface area contributed by atoms with Gasteiger partial charge in [0.1, 0.15) is 12.2 Å². The number of nitrogens with zero attached hydrogens (tertiary/aromatic N) is 3. The van der Waals surface area contributed by atoms with Gasteiger partial charge < -0.3 is 9.84 Å². The fraction of sp³-hybridized carbons (Fsp3) is 0.281. The van der Waals surface area contributed by atoms with Crippen LogP contribution in [0.15, 0.2) is 72.8 Å². The highest BCUT2D eigenvalue weighted by Crippen LogP contribution is 2.50. The van der Waals surface area contributed by atoms with E-state index in [0.29, 0.717) is 11.1 Å². The van der Waals surface area contributed by atoms with E-state index < -0.39 is 47.2 Å². The Hall–Kier alpha value is -4.83. The molecular weight excluding hydrogens is 536 g/mol. The van der Waals surface area contributed by atoms with E-state index >= 15 is 0 Å². The minimum atomic E-state index is -1.77. The van der Waals surface area contributed by atoms with Crippen LogP contribution < -0.4 is 5.32 Å². The topological polar surface area (TPSA) is 131 Å². The Morgan fingerprint density at radius 1 is 0.976 bits per heavy atom. The van der Waals surface area contributed by atoms with Gasteiger partial charge in [-0.05, 0) is 53.9 Å². The predicted molar refractivity (Wildman–Crippen MR) is 152 cm³/mol. The van der Waals surface area contributed by atoms with Crippen molar-refractivity contribution in [2.45, 2.75) is 38.5 Å². The highest BCUT2D eigenvalue weighted by molar-refractivity contribution is 6.09. The van der Waals surface area contributed by atoms with E-state index in [-0.39, 0.29) is 13.1 Å². The van der Waals surface area contributed by atoms with Gasteiger partial charge in [-0.2, -0.15) is 5.10 Å². The Balaban J connectivity index is 1.44. The third-order valence-corrected chi connectivity index (χ3v) is 8.49. The third-order valence-electron chi connectivity index (χ3n) is 8.49. The average Bonchev–Trinajstić information content (AvgIpc) is 3.58. The zero-order valence-electron chi connectivity index (χ0n) is 23.4. The third kappa shape index (κ3) is 4.35. The first-order chi connectivity index (χ1) is 20.1. The monoisotopic (exact) mass is 566 g/mol. The van der Waals surface area contributed by atoms with E-state index in [1.54, 1.807) is 28.9 Å². The average molecular weight is 567 g/mol. The van der Waals surface area contributed by atoms with Crippen LogP contribution in [0.4, 0.5) is 0 Å². The fourth-order valence-corrected chi connectivity index (χ4v) is 6.49. The molecule has 2 saturated heterocycles. The number of esters is 1. The molecule has 10 nitrogen and oxygen atoms in total. The molecule has 3 aromatic carbocycles. The molecule has 0 bridgehead atoms. The van der Waals surface area contributed by atoms with Crippen LogP contribution in [-0.2, 0) is 32.2 Å². The first kappa shape index (κ1) is 27.3. The number of carboxylic acid groups (broad SMARTS) is 1. The second-order valence-electron chi connectivity index (χ2n) is 11.0. The molecule has 2 N–H and O–H groups in total. The first-order valence-corrected chi connectivity index (χ1v) is 13.7. The smallest absolute Gasteiger partial charge is 0.337 e. The molecule has 10 heteroatoms. The number of aryl methyl sites for hydroxylation is 2. The number of hydrogen-bond acceptors (Lipinski definition) is 7. The van der Waals surface area contributed by atoms with Gasteiger partial charge >= 0.3 is 11.9 Å². The highest BCUT2D eigenvalue weighted by atomic mass is 16.5. The summed E-state index contributed by atoms with van der Waals surface area (Å²) < 4.78 is 6.37. The summed E-state index contributed by atoms with van der Waals surface area (Å²) in [6, 6.07) is 21.0. The molecule has 0 radical (unpaired) electrons. The number of aliphatic carboxylic acids is 1. The molecule has 2 aliphatic rings.